The van der Waals surface area contributed by atoms with Crippen molar-refractivity contribution in [1.29, 1.82) is 0 Å². The molecular weight excluding hydrogens is 362 g/mol. The fraction of sp³-hybridized carbons (Fsp3) is 0.0952. The first-order chi connectivity index (χ1) is 12.3. The number of hydrogen-bond donors (Lipinski definition) is 0. The summed E-state index contributed by atoms with van der Waals surface area (Å²) in [5.74, 6) is 0. The van der Waals surface area contributed by atoms with Gasteiger partial charge in [-0.1, -0.05) is 36.4 Å². The van der Waals surface area contributed by atoms with Crippen LogP contribution in [0.25, 0.3) is 19.5 Å². The molecule has 3 aromatic heterocycles. The summed E-state index contributed by atoms with van der Waals surface area (Å²) in [7, 11) is 0. The van der Waals surface area contributed by atoms with Crippen LogP contribution in [-0.2, 0) is 0 Å². The molecule has 0 bridgehead atoms. The Bertz CT molecular complexity index is 962. The van der Waals surface area contributed by atoms with Gasteiger partial charge in [0.2, 0.25) is 0 Å². The third kappa shape index (κ3) is 3.82. The van der Waals surface area contributed by atoms with Crippen LogP contribution in [-0.4, -0.2) is 6.21 Å². The Hall–Kier alpha value is -2.01. The van der Waals surface area contributed by atoms with E-state index >= 15 is 0 Å². The smallest absolute Gasteiger partial charge is 0.0721 e. The Morgan fingerprint density at radius 3 is 2.24 bits per heavy atom. The highest BCUT2D eigenvalue weighted by Crippen LogP contribution is 2.38. The van der Waals surface area contributed by atoms with E-state index in [4.69, 9.17) is 4.99 Å². The fourth-order valence-corrected chi connectivity index (χ4v) is 5.40. The van der Waals surface area contributed by atoms with Gasteiger partial charge >= 0.3 is 0 Å². The van der Waals surface area contributed by atoms with Gasteiger partial charge < -0.3 is 0 Å². The minimum Gasteiger partial charge on any atom is -0.284 e. The lowest BCUT2D eigenvalue weighted by Gasteiger charge is -2.04. The molecule has 4 rings (SSSR count). The maximum absolute atomic E-state index is 4.71. The van der Waals surface area contributed by atoms with Crippen molar-refractivity contribution in [2.24, 2.45) is 4.99 Å². The largest absolute Gasteiger partial charge is 0.284 e. The van der Waals surface area contributed by atoms with Crippen LogP contribution >= 0.6 is 34.0 Å². The zero-order valence-corrected chi connectivity index (χ0v) is 16.2. The van der Waals surface area contributed by atoms with Crippen LogP contribution in [0.5, 0.6) is 0 Å². The molecule has 4 aromatic rings. The molecule has 0 radical (unpaired) electrons. The first-order valence-corrected chi connectivity index (χ1v) is 10.6. The lowest BCUT2D eigenvalue weighted by molar-refractivity contribution is 0.825. The minimum atomic E-state index is 0.180. The summed E-state index contributed by atoms with van der Waals surface area (Å²) in [5.41, 5.74) is 1.24. The number of nitrogens with zero attached hydrogens (tertiary/aromatic N) is 1. The van der Waals surface area contributed by atoms with Crippen LogP contribution in [0, 0.1) is 0 Å². The summed E-state index contributed by atoms with van der Waals surface area (Å²) in [4.78, 5) is 11.2. The molecule has 0 saturated carbocycles. The van der Waals surface area contributed by atoms with Crippen LogP contribution in [0.2, 0.25) is 0 Å². The molecule has 1 aromatic carbocycles. The van der Waals surface area contributed by atoms with Gasteiger partial charge in [0.25, 0.3) is 0 Å². The van der Waals surface area contributed by atoms with E-state index < -0.39 is 0 Å². The lowest BCUT2D eigenvalue weighted by Crippen LogP contribution is -1.89. The number of benzene rings is 1. The number of aliphatic imine (C=N–C) groups is 1. The summed E-state index contributed by atoms with van der Waals surface area (Å²) in [5, 5.41) is 2.13. The van der Waals surface area contributed by atoms with Gasteiger partial charge in [0, 0.05) is 30.6 Å². The number of thiophene rings is 3. The van der Waals surface area contributed by atoms with Gasteiger partial charge in [0.15, 0.2) is 0 Å². The van der Waals surface area contributed by atoms with E-state index in [0.29, 0.717) is 0 Å². The Morgan fingerprint density at radius 1 is 0.760 bits per heavy atom. The summed E-state index contributed by atoms with van der Waals surface area (Å²) < 4.78 is 0. The monoisotopic (exact) mass is 379 g/mol. The third-order valence-electron chi connectivity index (χ3n) is 3.95. The van der Waals surface area contributed by atoms with E-state index in [1.54, 1.807) is 22.7 Å². The second-order valence-corrected chi connectivity index (χ2v) is 8.85. The first kappa shape index (κ1) is 16.5. The van der Waals surface area contributed by atoms with Crippen molar-refractivity contribution in [2.45, 2.75) is 13.0 Å². The van der Waals surface area contributed by atoms with Gasteiger partial charge in [-0.3, -0.25) is 4.99 Å². The zero-order valence-electron chi connectivity index (χ0n) is 13.8. The molecule has 4 heteroatoms. The average Bonchev–Trinajstić information content (AvgIpc) is 3.40. The average molecular weight is 380 g/mol. The molecular formula is C21H17NS3. The highest BCUT2D eigenvalue weighted by molar-refractivity contribution is 7.26. The quantitative estimate of drug-likeness (QED) is 0.321. The topological polar surface area (TPSA) is 12.4 Å². The van der Waals surface area contributed by atoms with Crippen molar-refractivity contribution in [2.75, 3.05) is 0 Å². The van der Waals surface area contributed by atoms with Crippen LogP contribution in [0.4, 0.5) is 0 Å². The molecule has 0 aliphatic carbocycles. The molecule has 0 fully saturated rings. The molecule has 0 spiro atoms. The van der Waals surface area contributed by atoms with Crippen molar-refractivity contribution < 1.29 is 0 Å². The molecule has 0 aliphatic heterocycles. The maximum atomic E-state index is 4.71. The molecule has 3 heterocycles. The lowest BCUT2D eigenvalue weighted by atomic mass is 10.1. The van der Waals surface area contributed by atoms with Crippen LogP contribution in [0.1, 0.15) is 23.4 Å². The predicted molar refractivity (Wildman–Crippen MR) is 113 cm³/mol. The van der Waals surface area contributed by atoms with E-state index in [0.717, 1.165) is 0 Å². The van der Waals surface area contributed by atoms with E-state index in [2.05, 4.69) is 73.0 Å². The summed E-state index contributed by atoms with van der Waals surface area (Å²) in [6, 6.07) is 23.7. The highest BCUT2D eigenvalue weighted by atomic mass is 32.1. The Morgan fingerprint density at radius 2 is 1.48 bits per heavy atom. The first-order valence-electron chi connectivity index (χ1n) is 8.11. The molecule has 1 atom stereocenters. The Kier molecular flexibility index (Phi) is 4.92. The number of hydrogen-bond acceptors (Lipinski definition) is 4. The van der Waals surface area contributed by atoms with Crippen molar-refractivity contribution in [1.82, 2.24) is 0 Å². The van der Waals surface area contributed by atoms with E-state index in [1.165, 1.54) is 29.9 Å². The van der Waals surface area contributed by atoms with Gasteiger partial charge in [-0.15, -0.1) is 34.0 Å². The standard InChI is InChI=1S/C21H17NS3/c1-15(16-6-3-2-4-7-16)22-14-17-9-10-20(24-17)21-12-11-19(25-21)18-8-5-13-23-18/h2-15H,1H3/t15-/m1/s1. The van der Waals surface area contributed by atoms with E-state index in [1.807, 2.05) is 23.6 Å². The predicted octanol–water partition coefficient (Wildman–Crippen LogP) is 7.39. The molecule has 0 saturated heterocycles. The van der Waals surface area contributed by atoms with Gasteiger partial charge in [-0.05, 0) is 48.2 Å². The van der Waals surface area contributed by atoms with Crippen LogP contribution < -0.4 is 0 Å². The normalized spacial score (nSPS) is 12.7. The SMILES string of the molecule is C[C@@H](N=Cc1ccc(-c2ccc(-c3cccs3)s2)s1)c1ccccc1. The molecule has 0 unspecified atom stereocenters. The second kappa shape index (κ2) is 7.48. The molecule has 25 heavy (non-hydrogen) atoms. The molecule has 0 aliphatic rings. The van der Waals surface area contributed by atoms with E-state index in [9.17, 15) is 0 Å². The van der Waals surface area contributed by atoms with Crippen molar-refractivity contribution in [3.05, 3.63) is 82.6 Å². The van der Waals surface area contributed by atoms with Crippen molar-refractivity contribution in [3.63, 3.8) is 0 Å². The minimum absolute atomic E-state index is 0.180. The zero-order chi connectivity index (χ0) is 17.1. The molecule has 1 nitrogen and oxygen atoms in total. The fourth-order valence-electron chi connectivity index (χ4n) is 2.58. The maximum Gasteiger partial charge on any atom is 0.0721 e. The van der Waals surface area contributed by atoms with Crippen LogP contribution in [0.3, 0.4) is 0 Å². The third-order valence-corrected chi connectivity index (χ3v) is 7.31. The Labute approximate surface area is 160 Å². The molecule has 0 amide bonds. The van der Waals surface area contributed by atoms with Crippen molar-refractivity contribution in [3.8, 4) is 19.5 Å². The Balaban J connectivity index is 1.50. The van der Waals surface area contributed by atoms with Crippen LogP contribution in [0.15, 0.2) is 77.1 Å². The van der Waals surface area contributed by atoms with Gasteiger partial charge in [0.05, 0.1) is 6.04 Å². The van der Waals surface area contributed by atoms with Gasteiger partial charge in [0.1, 0.15) is 0 Å². The number of rotatable bonds is 5. The van der Waals surface area contributed by atoms with Gasteiger partial charge in [-0.25, -0.2) is 0 Å². The van der Waals surface area contributed by atoms with E-state index in [-0.39, 0.29) is 6.04 Å². The summed E-state index contributed by atoms with van der Waals surface area (Å²) in [6.45, 7) is 2.13. The van der Waals surface area contributed by atoms with Gasteiger partial charge in [-0.2, -0.15) is 0 Å². The van der Waals surface area contributed by atoms with Crippen molar-refractivity contribution >= 4 is 40.2 Å². The summed E-state index contributed by atoms with van der Waals surface area (Å²) >= 11 is 5.44. The molecule has 0 N–H and O–H groups in total. The second-order valence-electron chi connectivity index (χ2n) is 5.71. The highest BCUT2D eigenvalue weighted by Gasteiger charge is 2.08. The molecule has 124 valence electrons. The summed E-state index contributed by atoms with van der Waals surface area (Å²) in [6.07, 6.45) is 2.00.